The first-order valence-corrected chi connectivity index (χ1v) is 13.2. The standard InChI is InChI=1S/C31H38N2O6.ClH/c1-21(26(32)30(33)34)38-31-29(37-20-25-16-10-5-11-17-25)28(36-19-24-14-8-4-9-15-24)27(22(2)39-31)35-18-23-12-6-3-7-13-23;/h3-17,21-22,26-29,31H,18-20,32H2,1-2H3,(H2,33,34);1H/t21-,22+,26+,27-,28-,29+,31-;/m1./s1. The Balaban J connectivity index is 0.00000441. The molecule has 216 valence electrons. The van der Waals surface area contributed by atoms with Gasteiger partial charge in [-0.1, -0.05) is 91.0 Å². The zero-order valence-corrected chi connectivity index (χ0v) is 23.7. The highest BCUT2D eigenvalue weighted by atomic mass is 35.5. The smallest absolute Gasteiger partial charge is 0.237 e. The number of halogens is 1. The van der Waals surface area contributed by atoms with Crippen LogP contribution in [-0.4, -0.2) is 48.8 Å². The Morgan fingerprint density at radius 3 is 1.57 bits per heavy atom. The topological polar surface area (TPSA) is 115 Å². The zero-order valence-electron chi connectivity index (χ0n) is 22.8. The maximum atomic E-state index is 11.7. The number of carbonyl (C=O) groups excluding carboxylic acids is 1. The number of ether oxygens (including phenoxy) is 5. The fourth-order valence-corrected chi connectivity index (χ4v) is 4.51. The molecule has 1 saturated heterocycles. The molecule has 3 aromatic rings. The molecule has 0 aliphatic carbocycles. The van der Waals surface area contributed by atoms with Crippen molar-refractivity contribution >= 4 is 18.3 Å². The molecule has 0 spiro atoms. The number of benzene rings is 3. The van der Waals surface area contributed by atoms with Gasteiger partial charge in [0, 0.05) is 0 Å². The van der Waals surface area contributed by atoms with Crippen LogP contribution in [0.2, 0.25) is 0 Å². The third kappa shape index (κ3) is 8.84. The number of hydrogen-bond donors (Lipinski definition) is 2. The Labute approximate surface area is 242 Å². The van der Waals surface area contributed by atoms with Gasteiger partial charge in [0.2, 0.25) is 5.91 Å². The summed E-state index contributed by atoms with van der Waals surface area (Å²) >= 11 is 0. The van der Waals surface area contributed by atoms with Gasteiger partial charge in [-0.05, 0) is 30.5 Å². The summed E-state index contributed by atoms with van der Waals surface area (Å²) in [6.07, 6.45) is -3.69. The Morgan fingerprint density at radius 1 is 0.750 bits per heavy atom. The highest BCUT2D eigenvalue weighted by Crippen LogP contribution is 2.31. The lowest BCUT2D eigenvalue weighted by molar-refractivity contribution is -0.327. The van der Waals surface area contributed by atoms with E-state index in [0.717, 1.165) is 16.7 Å². The predicted molar refractivity (Wildman–Crippen MR) is 154 cm³/mol. The highest BCUT2D eigenvalue weighted by Gasteiger charge is 2.48. The number of amides is 1. The van der Waals surface area contributed by atoms with E-state index in [0.29, 0.717) is 19.8 Å². The molecule has 1 heterocycles. The van der Waals surface area contributed by atoms with Crippen LogP contribution in [0.5, 0.6) is 0 Å². The molecule has 1 amide bonds. The van der Waals surface area contributed by atoms with Gasteiger partial charge in [0.25, 0.3) is 0 Å². The van der Waals surface area contributed by atoms with Crippen molar-refractivity contribution in [2.24, 2.45) is 11.5 Å². The maximum absolute atomic E-state index is 11.7. The quantitative estimate of drug-likeness (QED) is 0.317. The second-order valence-electron chi connectivity index (χ2n) is 9.76. The summed E-state index contributed by atoms with van der Waals surface area (Å²) < 4.78 is 31.9. The van der Waals surface area contributed by atoms with Crippen molar-refractivity contribution in [3.05, 3.63) is 108 Å². The Kier molecular flexibility index (Phi) is 12.5. The van der Waals surface area contributed by atoms with E-state index in [-0.39, 0.29) is 12.4 Å². The van der Waals surface area contributed by atoms with Crippen molar-refractivity contribution < 1.29 is 28.5 Å². The van der Waals surface area contributed by atoms with Crippen LogP contribution in [0, 0.1) is 0 Å². The first kappa shape index (κ1) is 31.7. The van der Waals surface area contributed by atoms with Crippen molar-refractivity contribution in [1.29, 1.82) is 0 Å². The van der Waals surface area contributed by atoms with Crippen molar-refractivity contribution in [1.82, 2.24) is 0 Å². The Bertz CT molecular complexity index is 1140. The van der Waals surface area contributed by atoms with E-state index in [2.05, 4.69) is 0 Å². The van der Waals surface area contributed by atoms with Crippen LogP contribution in [-0.2, 0) is 48.3 Å². The molecule has 0 saturated carbocycles. The molecule has 0 unspecified atom stereocenters. The molecule has 8 nitrogen and oxygen atoms in total. The average molecular weight is 571 g/mol. The molecule has 3 aromatic carbocycles. The first-order valence-electron chi connectivity index (χ1n) is 13.2. The molecule has 4 rings (SSSR count). The number of rotatable bonds is 13. The van der Waals surface area contributed by atoms with E-state index in [4.69, 9.17) is 35.2 Å². The van der Waals surface area contributed by atoms with Gasteiger partial charge >= 0.3 is 0 Å². The molecule has 0 bridgehead atoms. The van der Waals surface area contributed by atoms with E-state index >= 15 is 0 Å². The van der Waals surface area contributed by atoms with Gasteiger partial charge in [0.05, 0.1) is 32.0 Å². The Hall–Kier alpha value is -2.82. The van der Waals surface area contributed by atoms with Crippen LogP contribution < -0.4 is 11.5 Å². The lowest BCUT2D eigenvalue weighted by Gasteiger charge is -2.45. The molecule has 0 aromatic heterocycles. The predicted octanol–water partition coefficient (Wildman–Crippen LogP) is 4.13. The molecule has 1 aliphatic rings. The minimum absolute atomic E-state index is 0. The molecular weight excluding hydrogens is 532 g/mol. The zero-order chi connectivity index (χ0) is 27.6. The van der Waals surface area contributed by atoms with Gasteiger partial charge in [-0.25, -0.2) is 0 Å². The average Bonchev–Trinajstić information content (AvgIpc) is 2.96. The SMILES string of the molecule is C[C@@H]1O[C@@H](O[C@H](C)[C@H](N)C(N)=O)[C@@H](OCc2ccccc2)[C@H](OCc2ccccc2)[C@@H]1OCc1ccccc1.Cl. The second kappa shape index (κ2) is 15.8. The van der Waals surface area contributed by atoms with Crippen molar-refractivity contribution in [2.75, 3.05) is 0 Å². The van der Waals surface area contributed by atoms with E-state index in [1.165, 1.54) is 0 Å². The first-order chi connectivity index (χ1) is 18.9. The monoisotopic (exact) mass is 570 g/mol. The highest BCUT2D eigenvalue weighted by molar-refractivity contribution is 5.85. The van der Waals surface area contributed by atoms with Crippen LogP contribution in [0.25, 0.3) is 0 Å². The number of primary amides is 1. The molecule has 4 N–H and O–H groups in total. The van der Waals surface area contributed by atoms with Crippen LogP contribution in [0.3, 0.4) is 0 Å². The summed E-state index contributed by atoms with van der Waals surface area (Å²) in [5, 5.41) is 0. The summed E-state index contributed by atoms with van der Waals surface area (Å²) in [6, 6.07) is 28.7. The van der Waals surface area contributed by atoms with Crippen molar-refractivity contribution in [3.63, 3.8) is 0 Å². The normalized spacial score (nSPS) is 24.0. The largest absolute Gasteiger partial charge is 0.368 e. The third-order valence-electron chi connectivity index (χ3n) is 6.77. The summed E-state index contributed by atoms with van der Waals surface area (Å²) in [7, 11) is 0. The van der Waals surface area contributed by atoms with Gasteiger partial charge in [-0.2, -0.15) is 0 Å². The minimum atomic E-state index is -1.01. The molecule has 9 heteroatoms. The maximum Gasteiger partial charge on any atom is 0.237 e. The minimum Gasteiger partial charge on any atom is -0.368 e. The van der Waals surface area contributed by atoms with Gasteiger partial charge in [0.1, 0.15) is 24.4 Å². The molecule has 7 atom stereocenters. The fraction of sp³-hybridized carbons (Fsp3) is 0.387. The van der Waals surface area contributed by atoms with Gasteiger partial charge in [-0.15, -0.1) is 12.4 Å². The second-order valence-corrected chi connectivity index (χ2v) is 9.76. The summed E-state index contributed by atoms with van der Waals surface area (Å²) in [5.41, 5.74) is 14.5. The summed E-state index contributed by atoms with van der Waals surface area (Å²) in [5.74, 6) is -0.658. The third-order valence-corrected chi connectivity index (χ3v) is 6.77. The summed E-state index contributed by atoms with van der Waals surface area (Å²) in [6.45, 7) is 4.63. The van der Waals surface area contributed by atoms with Gasteiger partial charge in [-0.3, -0.25) is 4.79 Å². The number of nitrogens with two attached hydrogens (primary N) is 2. The van der Waals surface area contributed by atoms with E-state index in [9.17, 15) is 4.79 Å². The molecule has 0 radical (unpaired) electrons. The van der Waals surface area contributed by atoms with E-state index in [1.54, 1.807) is 6.92 Å². The van der Waals surface area contributed by atoms with Gasteiger partial charge in [0.15, 0.2) is 6.29 Å². The lowest BCUT2D eigenvalue weighted by Crippen LogP contribution is -2.61. The molecule has 40 heavy (non-hydrogen) atoms. The van der Waals surface area contributed by atoms with Crippen LogP contribution >= 0.6 is 12.4 Å². The fourth-order valence-electron chi connectivity index (χ4n) is 4.51. The van der Waals surface area contributed by atoms with Crippen LogP contribution in [0.1, 0.15) is 30.5 Å². The van der Waals surface area contributed by atoms with Gasteiger partial charge < -0.3 is 35.2 Å². The van der Waals surface area contributed by atoms with E-state index < -0.39 is 48.8 Å². The van der Waals surface area contributed by atoms with Crippen LogP contribution in [0.4, 0.5) is 0 Å². The van der Waals surface area contributed by atoms with E-state index in [1.807, 2.05) is 97.9 Å². The van der Waals surface area contributed by atoms with Crippen LogP contribution in [0.15, 0.2) is 91.0 Å². The Morgan fingerprint density at radius 2 is 1.15 bits per heavy atom. The number of hydrogen-bond acceptors (Lipinski definition) is 7. The number of carbonyl (C=O) groups is 1. The summed E-state index contributed by atoms with van der Waals surface area (Å²) in [4.78, 5) is 11.7. The lowest BCUT2D eigenvalue weighted by atomic mass is 9.98. The van der Waals surface area contributed by atoms with Crippen molar-refractivity contribution in [3.8, 4) is 0 Å². The molecular formula is C31H39ClN2O6. The molecule has 1 fully saturated rings. The van der Waals surface area contributed by atoms with Crippen molar-refractivity contribution in [2.45, 2.75) is 76.5 Å². The molecule has 1 aliphatic heterocycles.